The molecule has 4 atom stereocenters. The van der Waals surface area contributed by atoms with Gasteiger partial charge in [0.1, 0.15) is 27.9 Å². The van der Waals surface area contributed by atoms with Crippen molar-refractivity contribution in [3.63, 3.8) is 0 Å². The van der Waals surface area contributed by atoms with Crippen molar-refractivity contribution in [2.45, 2.75) is 120 Å². The van der Waals surface area contributed by atoms with Gasteiger partial charge in [0.2, 0.25) is 0 Å². The largest absolute Gasteiger partial charge is 0.492 e. The number of benzene rings is 1. The molecule has 7 heteroatoms. The van der Waals surface area contributed by atoms with Gasteiger partial charge in [0.05, 0.1) is 18.6 Å². The van der Waals surface area contributed by atoms with E-state index < -0.39 is 0 Å². The number of aliphatic hydroxyl groups excluding tert-OH is 1. The second kappa shape index (κ2) is 12.5. The summed E-state index contributed by atoms with van der Waals surface area (Å²) in [6.07, 6.45) is 13.3. The summed E-state index contributed by atoms with van der Waals surface area (Å²) in [7, 11) is 0. The molecule has 3 saturated carbocycles. The number of halogens is 1. The van der Waals surface area contributed by atoms with Crippen molar-refractivity contribution in [2.75, 3.05) is 25.5 Å². The van der Waals surface area contributed by atoms with Crippen LogP contribution in [0.5, 0.6) is 11.5 Å². The molecule has 40 heavy (non-hydrogen) atoms. The summed E-state index contributed by atoms with van der Waals surface area (Å²) < 4.78 is 14.2. The maximum atomic E-state index is 13.1. The number of thioether (sulfide) groups is 1. The molecular formula is C33H48BrNO4S. The Bertz CT molecular complexity index is 1070. The van der Waals surface area contributed by atoms with E-state index in [-0.39, 0.29) is 29.4 Å². The number of hydrogen-bond donors (Lipinski definition) is 1. The maximum absolute atomic E-state index is 13.1. The Labute approximate surface area is 253 Å². The van der Waals surface area contributed by atoms with Gasteiger partial charge in [0.25, 0.3) is 0 Å². The lowest BCUT2D eigenvalue weighted by Crippen LogP contribution is -2.55. The maximum Gasteiger partial charge on any atom is 0.142 e. The van der Waals surface area contributed by atoms with E-state index in [9.17, 15) is 9.90 Å². The molecule has 1 aromatic rings. The van der Waals surface area contributed by atoms with Crippen LogP contribution in [0.15, 0.2) is 10.5 Å². The molecule has 1 aromatic carbocycles. The number of carbonyl (C=O) groups excluding carboxylic acids is 1. The van der Waals surface area contributed by atoms with E-state index in [4.69, 9.17) is 9.47 Å². The molecule has 6 rings (SSSR count). The molecule has 1 spiro atoms. The second-order valence-corrected chi connectivity index (χ2v) is 15.8. The minimum absolute atomic E-state index is 0.0704. The highest BCUT2D eigenvalue weighted by molar-refractivity contribution is 9.10. The normalized spacial score (nSPS) is 30.3. The number of nitrogens with zero attached hydrogens (tertiary/aromatic N) is 1. The van der Waals surface area contributed by atoms with Gasteiger partial charge in [-0.2, -0.15) is 11.8 Å². The summed E-state index contributed by atoms with van der Waals surface area (Å²) in [5.74, 6) is 5.39. The minimum atomic E-state index is -0.268. The molecule has 2 aliphatic heterocycles. The highest BCUT2D eigenvalue weighted by atomic mass is 79.9. The zero-order valence-electron chi connectivity index (χ0n) is 24.5. The highest BCUT2D eigenvalue weighted by Crippen LogP contribution is 2.61. The number of hydrogen-bond acceptors (Lipinski definition) is 6. The van der Waals surface area contributed by atoms with Crippen LogP contribution in [0.2, 0.25) is 0 Å². The van der Waals surface area contributed by atoms with Crippen molar-refractivity contribution < 1.29 is 19.4 Å². The van der Waals surface area contributed by atoms with Gasteiger partial charge in [0, 0.05) is 42.8 Å². The summed E-state index contributed by atoms with van der Waals surface area (Å²) in [5.41, 5.74) is 2.32. The van der Waals surface area contributed by atoms with Crippen molar-refractivity contribution in [1.82, 2.24) is 4.90 Å². The summed E-state index contributed by atoms with van der Waals surface area (Å²) in [4.78, 5) is 15.7. The van der Waals surface area contributed by atoms with Crippen LogP contribution in [0.1, 0.15) is 102 Å². The molecule has 5 nitrogen and oxygen atoms in total. The van der Waals surface area contributed by atoms with Crippen molar-refractivity contribution in [3.05, 3.63) is 21.7 Å². The summed E-state index contributed by atoms with van der Waals surface area (Å²) in [5, 5.41) is 10.9. The van der Waals surface area contributed by atoms with E-state index in [1.54, 1.807) is 0 Å². The van der Waals surface area contributed by atoms with Crippen molar-refractivity contribution in [3.8, 4) is 11.5 Å². The average Bonchev–Trinajstić information content (AvgIpc) is 3.49. The van der Waals surface area contributed by atoms with Crippen LogP contribution in [-0.4, -0.2) is 58.7 Å². The first kappa shape index (κ1) is 29.3. The van der Waals surface area contributed by atoms with Crippen LogP contribution >= 0.6 is 27.7 Å². The van der Waals surface area contributed by atoms with Crippen LogP contribution in [0.3, 0.4) is 0 Å². The Kier molecular flexibility index (Phi) is 9.13. The Balaban J connectivity index is 1.34. The molecule has 0 aromatic heterocycles. The fourth-order valence-corrected chi connectivity index (χ4v) is 10.3. The topological polar surface area (TPSA) is 59.0 Å². The number of Topliss-reactive ketones (excluding diaryl/α,β-unsaturated/α-hetero) is 1. The average molecular weight is 635 g/mol. The number of ketones is 1. The van der Waals surface area contributed by atoms with Crippen LogP contribution < -0.4 is 9.47 Å². The fraction of sp³-hybridized carbons (Fsp3) is 0.788. The van der Waals surface area contributed by atoms with E-state index in [0.717, 1.165) is 72.5 Å². The third kappa shape index (κ3) is 5.88. The van der Waals surface area contributed by atoms with Crippen molar-refractivity contribution >= 4 is 33.5 Å². The van der Waals surface area contributed by atoms with E-state index in [1.807, 2.05) is 11.8 Å². The van der Waals surface area contributed by atoms with Gasteiger partial charge in [0.15, 0.2) is 0 Å². The van der Waals surface area contributed by atoms with E-state index in [0.29, 0.717) is 24.5 Å². The van der Waals surface area contributed by atoms with Gasteiger partial charge in [-0.25, -0.2) is 0 Å². The first-order valence-electron chi connectivity index (χ1n) is 16.0. The molecule has 3 aliphatic carbocycles. The van der Waals surface area contributed by atoms with Gasteiger partial charge in [-0.15, -0.1) is 0 Å². The number of ether oxygens (including phenoxy) is 2. The van der Waals surface area contributed by atoms with Crippen LogP contribution in [0.25, 0.3) is 0 Å². The first-order valence-corrected chi connectivity index (χ1v) is 17.9. The first-order chi connectivity index (χ1) is 19.4. The smallest absolute Gasteiger partial charge is 0.142 e. The molecule has 5 aliphatic rings. The van der Waals surface area contributed by atoms with Crippen LogP contribution in [0, 0.1) is 17.8 Å². The molecule has 3 fully saturated rings. The third-order valence-corrected chi connectivity index (χ3v) is 12.5. The third-order valence-electron chi connectivity index (χ3n) is 10.3. The zero-order valence-corrected chi connectivity index (χ0v) is 26.9. The lowest BCUT2D eigenvalue weighted by Gasteiger charge is -2.45. The Morgan fingerprint density at radius 2 is 2.00 bits per heavy atom. The Morgan fingerprint density at radius 1 is 1.20 bits per heavy atom. The standard InChI is InChI=1S/C33H48BrNO4S/c1-21(2)11-13-40-29-16-26(37)15-28-33(29)17-25(20-36)35(18-23-9-10-23)19-24-14-27(31(34)32(39-28)30(24)33)38-12-5-8-22-6-3-4-7-22/h14,21-23,25,28-29,36H,3-13,15-20H2,1-2H3/t25-,28+,29+,33?/m0/s1. The molecule has 0 radical (unpaired) electrons. The van der Waals surface area contributed by atoms with Gasteiger partial charge in [-0.1, -0.05) is 39.5 Å². The number of aliphatic hydroxyl groups is 1. The Morgan fingerprint density at radius 3 is 2.73 bits per heavy atom. The lowest BCUT2D eigenvalue weighted by atomic mass is 9.64. The van der Waals surface area contributed by atoms with Crippen LogP contribution in [0.4, 0.5) is 0 Å². The molecule has 0 bridgehead atoms. The summed E-state index contributed by atoms with van der Waals surface area (Å²) in [6, 6.07) is 2.35. The molecule has 1 N–H and O–H groups in total. The van der Waals surface area contributed by atoms with E-state index >= 15 is 0 Å². The quantitative estimate of drug-likeness (QED) is 0.244. The van der Waals surface area contributed by atoms with Crippen LogP contribution in [-0.2, 0) is 16.8 Å². The van der Waals surface area contributed by atoms with Gasteiger partial charge in [-0.05, 0) is 89.6 Å². The molecular weight excluding hydrogens is 586 g/mol. The zero-order chi connectivity index (χ0) is 27.9. The molecule has 2 heterocycles. The van der Waals surface area contributed by atoms with Gasteiger partial charge < -0.3 is 14.6 Å². The van der Waals surface area contributed by atoms with E-state index in [1.165, 1.54) is 56.1 Å². The monoisotopic (exact) mass is 633 g/mol. The van der Waals surface area contributed by atoms with Crippen molar-refractivity contribution in [1.29, 1.82) is 0 Å². The summed E-state index contributed by atoms with van der Waals surface area (Å²) >= 11 is 5.90. The van der Waals surface area contributed by atoms with Gasteiger partial charge in [-0.3, -0.25) is 9.69 Å². The molecule has 0 amide bonds. The lowest BCUT2D eigenvalue weighted by molar-refractivity contribution is -0.124. The van der Waals surface area contributed by atoms with Gasteiger partial charge >= 0.3 is 0 Å². The molecule has 1 unspecified atom stereocenters. The molecule has 222 valence electrons. The summed E-state index contributed by atoms with van der Waals surface area (Å²) in [6.45, 7) is 7.27. The number of carbonyl (C=O) groups is 1. The Hall–Kier alpha value is -0.760. The predicted molar refractivity (Wildman–Crippen MR) is 165 cm³/mol. The molecule has 0 saturated heterocycles. The predicted octanol–water partition coefficient (Wildman–Crippen LogP) is 7.28. The fourth-order valence-electron chi connectivity index (χ4n) is 7.96. The number of rotatable bonds is 12. The van der Waals surface area contributed by atoms with Crippen molar-refractivity contribution in [2.24, 2.45) is 17.8 Å². The minimum Gasteiger partial charge on any atom is -0.492 e. The highest BCUT2D eigenvalue weighted by Gasteiger charge is 2.61. The second-order valence-electron chi connectivity index (χ2n) is 13.7. The SMILES string of the molecule is CC(C)CCS[C@@H]1CC(=O)C[C@H]2Oc3c(Br)c(OCCCC4CCCC4)cc4c3C21C[C@@H](CO)N(CC1CC1)C4. The van der Waals surface area contributed by atoms with E-state index in [2.05, 4.69) is 40.7 Å².